The molecule has 68 valence electrons. The van der Waals surface area contributed by atoms with Crippen LogP contribution in [0.4, 0.5) is 4.48 Å². The van der Waals surface area contributed by atoms with Crippen LogP contribution in [0.25, 0.3) is 11.0 Å². The first-order valence-electron chi connectivity index (χ1n) is 3.10. The molecule has 0 aliphatic heterocycles. The van der Waals surface area contributed by atoms with Crippen molar-refractivity contribution in [1.82, 2.24) is 17.8 Å². The lowest BCUT2D eigenvalue weighted by atomic mass is 10.4. The number of hydrogen-bond donors (Lipinski definition) is 0. The highest BCUT2D eigenvalue weighted by molar-refractivity contribution is 14.1. The van der Waals surface area contributed by atoms with Gasteiger partial charge in [0.05, 0.1) is 29.1 Å². The Hall–Kier alpha value is -0.700. The van der Waals surface area contributed by atoms with Crippen LogP contribution in [0.2, 0.25) is 5.28 Å². The topological polar surface area (TPSA) is 52.7 Å². The fraction of sp³-hybridized carbons (Fsp3) is 0. The molecule has 0 aromatic carbocycles. The second-order valence-corrected chi connectivity index (χ2v) is 3.52. The van der Waals surface area contributed by atoms with E-state index in [0.717, 1.165) is 8.98 Å². The second-order valence-electron chi connectivity index (χ2n) is 2.22. The molecule has 0 aliphatic rings. The molecule has 2 aromatic heterocycles. The average molecular weight is 314 g/mol. The smallest absolute Gasteiger partial charge is 0.268 e. The zero-order chi connectivity index (χ0) is 9.59. The maximum atomic E-state index is 12.5. The fourth-order valence-corrected chi connectivity index (χ4v) is 1.42. The third kappa shape index (κ3) is 1.31. The number of aromatic nitrogens is 4. The molecule has 13 heavy (non-hydrogen) atoms. The highest BCUT2D eigenvalue weighted by Gasteiger charge is 2.10. The van der Waals surface area contributed by atoms with Gasteiger partial charge in [0.1, 0.15) is 5.39 Å². The summed E-state index contributed by atoms with van der Waals surface area (Å²) in [7, 11) is 0. The van der Waals surface area contributed by atoms with Gasteiger partial charge in [0.25, 0.3) is 5.56 Å². The number of fused-ring (bicyclic) bond motifs is 1. The van der Waals surface area contributed by atoms with Crippen molar-refractivity contribution in [1.29, 1.82) is 0 Å². The van der Waals surface area contributed by atoms with E-state index in [2.05, 4.69) is 10.1 Å². The van der Waals surface area contributed by atoms with Crippen molar-refractivity contribution >= 4 is 45.5 Å². The SMILES string of the molecule is O=c1c2cn(F)nc2nc(Cl)n1I. The van der Waals surface area contributed by atoms with Gasteiger partial charge in [-0.3, -0.25) is 4.79 Å². The molecule has 2 rings (SSSR count). The van der Waals surface area contributed by atoms with Crippen LogP contribution in [-0.4, -0.2) is 17.8 Å². The van der Waals surface area contributed by atoms with E-state index in [1.165, 1.54) is 0 Å². The largest absolute Gasteiger partial charge is 0.274 e. The number of nitrogens with zero attached hydrogens (tertiary/aromatic N) is 4. The first-order valence-corrected chi connectivity index (χ1v) is 4.44. The van der Waals surface area contributed by atoms with Crippen molar-refractivity contribution in [3.8, 4) is 0 Å². The van der Waals surface area contributed by atoms with Crippen molar-refractivity contribution < 1.29 is 4.48 Å². The standard InChI is InChI=1S/C5HClFIN4O/c6-5-9-3-2(1-11(7)10-3)4(13)12(5)8/h1H. The first kappa shape index (κ1) is 8.88. The van der Waals surface area contributed by atoms with Gasteiger partial charge in [0.15, 0.2) is 5.65 Å². The fourth-order valence-electron chi connectivity index (χ4n) is 0.892. The molecule has 0 saturated heterocycles. The maximum Gasteiger partial charge on any atom is 0.274 e. The van der Waals surface area contributed by atoms with E-state index in [-0.39, 0.29) is 21.2 Å². The summed E-state index contributed by atoms with van der Waals surface area (Å²) in [6, 6.07) is 0. The zero-order valence-electron chi connectivity index (χ0n) is 5.91. The Morgan fingerprint density at radius 1 is 1.62 bits per heavy atom. The van der Waals surface area contributed by atoms with Crippen LogP contribution < -0.4 is 5.56 Å². The minimum Gasteiger partial charge on any atom is -0.268 e. The molecule has 0 unspecified atom stereocenters. The Labute approximate surface area is 89.6 Å². The molecular formula is C5HClFIN4O. The lowest BCUT2D eigenvalue weighted by molar-refractivity contribution is 0.319. The van der Waals surface area contributed by atoms with Crippen molar-refractivity contribution in [3.05, 3.63) is 21.8 Å². The summed E-state index contributed by atoms with van der Waals surface area (Å²) in [6.45, 7) is 0. The Bertz CT molecular complexity index is 535. The molecular weight excluding hydrogens is 313 g/mol. The molecule has 0 atom stereocenters. The molecule has 0 fully saturated rings. The summed E-state index contributed by atoms with van der Waals surface area (Å²) in [6.07, 6.45) is 0.955. The van der Waals surface area contributed by atoms with E-state index in [1.54, 1.807) is 22.9 Å². The van der Waals surface area contributed by atoms with Gasteiger partial charge in [-0.25, -0.2) is 2.78 Å². The number of rotatable bonds is 0. The van der Waals surface area contributed by atoms with E-state index in [0.29, 0.717) is 0 Å². The monoisotopic (exact) mass is 314 g/mol. The van der Waals surface area contributed by atoms with Crippen LogP contribution in [0, 0.1) is 0 Å². The van der Waals surface area contributed by atoms with Crippen LogP contribution in [0.1, 0.15) is 0 Å². The quantitative estimate of drug-likeness (QED) is 0.542. The lowest BCUT2D eigenvalue weighted by Gasteiger charge is -1.94. The molecule has 0 bridgehead atoms. The van der Waals surface area contributed by atoms with Crippen LogP contribution >= 0.6 is 34.5 Å². The van der Waals surface area contributed by atoms with Crippen LogP contribution in [0.15, 0.2) is 11.0 Å². The Morgan fingerprint density at radius 2 is 2.31 bits per heavy atom. The molecule has 2 aromatic rings. The third-order valence-electron chi connectivity index (χ3n) is 1.44. The summed E-state index contributed by atoms with van der Waals surface area (Å²) in [4.78, 5) is 15.1. The zero-order valence-corrected chi connectivity index (χ0v) is 8.82. The molecule has 5 nitrogen and oxygen atoms in total. The van der Waals surface area contributed by atoms with E-state index in [4.69, 9.17) is 11.6 Å². The normalized spacial score (nSPS) is 11.0. The van der Waals surface area contributed by atoms with Crippen molar-refractivity contribution in [2.45, 2.75) is 0 Å². The van der Waals surface area contributed by atoms with E-state index >= 15 is 0 Å². The summed E-state index contributed by atoms with van der Waals surface area (Å²) < 4.78 is 13.6. The van der Waals surface area contributed by atoms with Gasteiger partial charge >= 0.3 is 0 Å². The molecule has 0 N–H and O–H groups in total. The highest BCUT2D eigenvalue weighted by Crippen LogP contribution is 2.11. The van der Waals surface area contributed by atoms with E-state index in [9.17, 15) is 9.28 Å². The summed E-state index contributed by atoms with van der Waals surface area (Å²) >= 11 is 7.25. The lowest BCUT2D eigenvalue weighted by Crippen LogP contribution is -2.13. The third-order valence-corrected chi connectivity index (χ3v) is 2.87. The molecule has 0 radical (unpaired) electrons. The molecule has 2 heterocycles. The first-order chi connectivity index (χ1) is 6.09. The maximum absolute atomic E-state index is 12.5. The van der Waals surface area contributed by atoms with E-state index in [1.807, 2.05) is 0 Å². The number of halogens is 3. The second kappa shape index (κ2) is 2.91. The van der Waals surface area contributed by atoms with Crippen molar-refractivity contribution in [2.75, 3.05) is 0 Å². The van der Waals surface area contributed by atoms with Gasteiger partial charge in [0.2, 0.25) is 5.28 Å². The molecule has 0 amide bonds. The van der Waals surface area contributed by atoms with Gasteiger partial charge in [0, 0.05) is 0 Å². The van der Waals surface area contributed by atoms with Gasteiger partial charge in [-0.15, -0.1) is 10.0 Å². The average Bonchev–Trinajstić information content (AvgIpc) is 2.42. The number of hydrogen-bond acceptors (Lipinski definition) is 3. The minimum absolute atomic E-state index is 0.00501. The van der Waals surface area contributed by atoms with E-state index < -0.39 is 5.56 Å². The van der Waals surface area contributed by atoms with Gasteiger partial charge in [-0.2, -0.15) is 4.98 Å². The minimum atomic E-state index is -0.431. The van der Waals surface area contributed by atoms with Crippen molar-refractivity contribution in [3.63, 3.8) is 0 Å². The Morgan fingerprint density at radius 3 is 3.00 bits per heavy atom. The van der Waals surface area contributed by atoms with Crippen LogP contribution in [0.3, 0.4) is 0 Å². The van der Waals surface area contributed by atoms with Gasteiger partial charge in [-0.05, 0) is 11.6 Å². The van der Waals surface area contributed by atoms with Crippen LogP contribution in [-0.2, 0) is 0 Å². The molecule has 8 heteroatoms. The predicted octanol–water partition coefficient (Wildman–Crippen LogP) is 1.18. The van der Waals surface area contributed by atoms with Gasteiger partial charge < -0.3 is 0 Å². The summed E-state index contributed by atoms with van der Waals surface area (Å²) in [5.74, 6) is 0. The molecule has 0 spiro atoms. The van der Waals surface area contributed by atoms with Gasteiger partial charge in [-0.1, -0.05) is 4.48 Å². The summed E-state index contributed by atoms with van der Waals surface area (Å²) in [5, 5.41) is 3.38. The highest BCUT2D eigenvalue weighted by atomic mass is 127. The molecule has 0 saturated carbocycles. The molecule has 0 aliphatic carbocycles. The summed E-state index contributed by atoms with van der Waals surface area (Å²) in [5.41, 5.74) is -0.426. The van der Waals surface area contributed by atoms with Crippen molar-refractivity contribution in [2.24, 2.45) is 0 Å². The van der Waals surface area contributed by atoms with Crippen LogP contribution in [0.5, 0.6) is 0 Å². The predicted molar refractivity (Wildman–Crippen MR) is 52.7 cm³/mol. The Kier molecular flexibility index (Phi) is 1.99. The Balaban J connectivity index is 3.01.